The molecule has 0 rings (SSSR count). The van der Waals surface area contributed by atoms with Crippen LogP contribution < -0.4 is 5.73 Å². The molecule has 0 bridgehead atoms. The number of azide groups is 1. The van der Waals surface area contributed by atoms with Crippen LogP contribution >= 0.6 is 0 Å². The largest absolute Gasteiger partial charge is 0.379 e. The van der Waals surface area contributed by atoms with E-state index in [9.17, 15) is 0 Å². The normalized spacial score (nSPS) is 11.5. The van der Waals surface area contributed by atoms with Crippen molar-refractivity contribution in [1.82, 2.24) is 0 Å². The maximum absolute atomic E-state index is 8.16. The molecule has 0 aliphatic rings. The first-order chi connectivity index (χ1) is 32.9. The SMILES string of the molecule is [N-]=[N+]=NCCOCCOCCOCCOCCOCCOCCOCCOCCOCCOCCOCCOCCOCCOCCOCCOCCOCCOCCOCCOCCN. The van der Waals surface area contributed by atoms with Crippen LogP contribution in [0.4, 0.5) is 0 Å². The molecule has 2 N–H and O–H groups in total. The minimum absolute atomic E-state index is 0.322. The Kier molecular flexibility index (Phi) is 62.0. The predicted molar refractivity (Wildman–Crippen MR) is 239 cm³/mol. The number of hydrogen-bond acceptors (Lipinski definition) is 22. The van der Waals surface area contributed by atoms with E-state index < -0.39 is 0 Å². The third kappa shape index (κ3) is 62.5. The summed E-state index contributed by atoms with van der Waals surface area (Å²) >= 11 is 0. The second kappa shape index (κ2) is 63.5. The molecule has 0 aliphatic heterocycles. The van der Waals surface area contributed by atoms with Crippen molar-refractivity contribution in [3.05, 3.63) is 10.4 Å². The van der Waals surface area contributed by atoms with E-state index in [1.807, 2.05) is 0 Å². The molecule has 0 aromatic carbocycles. The topological polar surface area (TPSA) is 259 Å². The third-order valence-corrected chi connectivity index (χ3v) is 7.73. The molecule has 0 saturated heterocycles. The number of rotatable bonds is 62. The zero-order chi connectivity index (χ0) is 47.3. The molecule has 0 fully saturated rings. The Balaban J connectivity index is 3.07. The van der Waals surface area contributed by atoms with E-state index in [4.69, 9.17) is 106 Å². The highest BCUT2D eigenvalue weighted by Crippen LogP contribution is 1.90. The van der Waals surface area contributed by atoms with Gasteiger partial charge < -0.3 is 100 Å². The number of nitrogens with two attached hydrogens (primary N) is 1. The first-order valence-electron chi connectivity index (χ1n) is 23.2. The van der Waals surface area contributed by atoms with Crippen molar-refractivity contribution in [2.45, 2.75) is 0 Å². The van der Waals surface area contributed by atoms with Gasteiger partial charge in [0.2, 0.25) is 0 Å². The van der Waals surface area contributed by atoms with Gasteiger partial charge in [0.25, 0.3) is 0 Å². The molecule has 0 unspecified atom stereocenters. The molecule has 0 aromatic heterocycles. The van der Waals surface area contributed by atoms with Crippen LogP contribution in [0.25, 0.3) is 10.4 Å². The summed E-state index contributed by atoms with van der Waals surface area (Å²) < 4.78 is 109. The second-order valence-corrected chi connectivity index (χ2v) is 13.0. The molecular formula is C42H86N4O20. The van der Waals surface area contributed by atoms with Gasteiger partial charge in [-0.1, -0.05) is 5.11 Å². The molecule has 0 radical (unpaired) electrons. The van der Waals surface area contributed by atoms with E-state index in [-0.39, 0.29) is 0 Å². The van der Waals surface area contributed by atoms with Crippen LogP contribution in [-0.4, -0.2) is 277 Å². The van der Waals surface area contributed by atoms with Gasteiger partial charge in [0.15, 0.2) is 0 Å². The van der Waals surface area contributed by atoms with Gasteiger partial charge in [-0.3, -0.25) is 0 Å². The van der Waals surface area contributed by atoms with Gasteiger partial charge >= 0.3 is 0 Å². The Morgan fingerprint density at radius 1 is 0.212 bits per heavy atom. The van der Waals surface area contributed by atoms with E-state index in [1.165, 1.54) is 0 Å². The van der Waals surface area contributed by atoms with Crippen molar-refractivity contribution in [3.63, 3.8) is 0 Å². The maximum Gasteiger partial charge on any atom is 0.0701 e. The average molecular weight is 967 g/mol. The molecule has 0 atom stereocenters. The van der Waals surface area contributed by atoms with Gasteiger partial charge in [-0.2, -0.15) is 0 Å². The number of nitrogens with zero attached hydrogens (tertiary/aromatic N) is 3. The van der Waals surface area contributed by atoms with Crippen LogP contribution in [0.1, 0.15) is 0 Å². The highest BCUT2D eigenvalue weighted by Gasteiger charge is 1.99. The van der Waals surface area contributed by atoms with Gasteiger partial charge in [0.05, 0.1) is 264 Å². The highest BCUT2D eigenvalue weighted by atomic mass is 16.6. The second-order valence-electron chi connectivity index (χ2n) is 13.0. The molecule has 0 saturated carbocycles. The lowest BCUT2D eigenvalue weighted by atomic mass is 10.6. The molecule has 66 heavy (non-hydrogen) atoms. The van der Waals surface area contributed by atoms with Crippen LogP contribution in [0.15, 0.2) is 5.11 Å². The smallest absolute Gasteiger partial charge is 0.0701 e. The summed E-state index contributed by atoms with van der Waals surface area (Å²) in [4.78, 5) is 2.65. The van der Waals surface area contributed by atoms with Crippen molar-refractivity contribution in [2.75, 3.05) is 277 Å². The number of hydrogen-bond donors (Lipinski definition) is 1. The molecular weight excluding hydrogens is 880 g/mol. The average Bonchev–Trinajstić information content (AvgIpc) is 3.33. The quantitative estimate of drug-likeness (QED) is 0.0379. The Labute approximate surface area is 392 Å². The van der Waals surface area contributed by atoms with E-state index in [0.29, 0.717) is 277 Å². The molecule has 0 aliphatic carbocycles. The van der Waals surface area contributed by atoms with E-state index >= 15 is 0 Å². The molecule has 0 aromatic rings. The van der Waals surface area contributed by atoms with E-state index in [1.54, 1.807) is 0 Å². The highest BCUT2D eigenvalue weighted by molar-refractivity contribution is 4.45. The summed E-state index contributed by atoms with van der Waals surface area (Å²) in [5.74, 6) is 0. The zero-order valence-electron chi connectivity index (χ0n) is 39.8. The van der Waals surface area contributed by atoms with Crippen molar-refractivity contribution in [1.29, 1.82) is 0 Å². The van der Waals surface area contributed by atoms with Crippen molar-refractivity contribution in [3.8, 4) is 0 Å². The van der Waals surface area contributed by atoms with Crippen LogP contribution in [0.3, 0.4) is 0 Å². The molecule has 0 spiro atoms. The van der Waals surface area contributed by atoms with Crippen molar-refractivity contribution < 1.29 is 94.7 Å². The molecule has 394 valence electrons. The first-order valence-corrected chi connectivity index (χ1v) is 23.2. The van der Waals surface area contributed by atoms with E-state index in [2.05, 4.69) is 10.0 Å². The monoisotopic (exact) mass is 967 g/mol. The summed E-state index contributed by atoms with van der Waals surface area (Å²) in [6, 6.07) is 0. The number of ether oxygens (including phenoxy) is 20. The third-order valence-electron chi connectivity index (χ3n) is 7.73. The lowest BCUT2D eigenvalue weighted by Crippen LogP contribution is -2.16. The fraction of sp³-hybridized carbons (Fsp3) is 1.00. The van der Waals surface area contributed by atoms with Gasteiger partial charge in [-0.15, -0.1) is 0 Å². The Hall–Kier alpha value is -1.53. The Morgan fingerprint density at radius 3 is 0.455 bits per heavy atom. The molecule has 0 amide bonds. The lowest BCUT2D eigenvalue weighted by Gasteiger charge is -2.09. The fourth-order valence-electron chi connectivity index (χ4n) is 4.51. The van der Waals surface area contributed by atoms with Crippen LogP contribution in [-0.2, 0) is 94.7 Å². The van der Waals surface area contributed by atoms with Crippen molar-refractivity contribution in [2.24, 2.45) is 10.8 Å². The summed E-state index contributed by atoms with van der Waals surface area (Å²) in [7, 11) is 0. The van der Waals surface area contributed by atoms with Gasteiger partial charge in [0.1, 0.15) is 0 Å². The summed E-state index contributed by atoms with van der Waals surface area (Å²) in [5.41, 5.74) is 13.5. The standard InChI is InChI=1S/C42H86N4O20/c43-1-3-47-5-7-49-9-11-51-13-15-53-17-19-55-21-23-57-25-27-59-29-31-61-33-35-63-37-39-65-41-42-66-40-38-64-36-34-62-32-30-60-28-26-58-24-22-56-20-18-54-16-14-52-12-10-50-8-6-48-4-2-45-46-44/h1-43H2. The summed E-state index contributed by atoms with van der Waals surface area (Å²) in [6.45, 7) is 20.5. The lowest BCUT2D eigenvalue weighted by molar-refractivity contribution is -0.0314. The van der Waals surface area contributed by atoms with Gasteiger partial charge in [-0.25, -0.2) is 0 Å². The van der Waals surface area contributed by atoms with Crippen LogP contribution in [0.2, 0.25) is 0 Å². The summed E-state index contributed by atoms with van der Waals surface area (Å²) in [5, 5.41) is 3.38. The van der Waals surface area contributed by atoms with Crippen LogP contribution in [0, 0.1) is 0 Å². The van der Waals surface area contributed by atoms with Gasteiger partial charge in [0, 0.05) is 18.0 Å². The minimum atomic E-state index is 0.322. The minimum Gasteiger partial charge on any atom is -0.379 e. The molecule has 24 heteroatoms. The van der Waals surface area contributed by atoms with Crippen LogP contribution in [0.5, 0.6) is 0 Å². The van der Waals surface area contributed by atoms with Gasteiger partial charge in [-0.05, 0) is 5.53 Å². The maximum atomic E-state index is 8.16. The van der Waals surface area contributed by atoms with Crippen molar-refractivity contribution >= 4 is 0 Å². The first kappa shape index (κ1) is 64.5. The molecule has 24 nitrogen and oxygen atoms in total. The molecule has 0 heterocycles. The Bertz CT molecular complexity index is 926. The zero-order valence-corrected chi connectivity index (χ0v) is 39.8. The summed E-state index contributed by atoms with van der Waals surface area (Å²) in [6.07, 6.45) is 0. The van der Waals surface area contributed by atoms with E-state index in [0.717, 1.165) is 0 Å². The Morgan fingerprint density at radius 2 is 0.333 bits per heavy atom. The predicted octanol–water partition coefficient (Wildman–Crippen LogP) is 0.587. The fourth-order valence-corrected chi connectivity index (χ4v) is 4.51.